The Morgan fingerprint density at radius 1 is 1.44 bits per heavy atom. The molecule has 0 N–H and O–H groups in total. The summed E-state index contributed by atoms with van der Waals surface area (Å²) in [7, 11) is 1.38. The van der Waals surface area contributed by atoms with Crippen molar-refractivity contribution >= 4 is 28.6 Å². The number of rotatable bonds is 5. The second kappa shape index (κ2) is 6.73. The molecule has 0 fully saturated rings. The van der Waals surface area contributed by atoms with Gasteiger partial charge in [-0.1, -0.05) is 19.4 Å². The average Bonchev–Trinajstić information content (AvgIpc) is 2.30. The molecule has 4 heteroatoms. The Balaban J connectivity index is 2.82. The van der Waals surface area contributed by atoms with Crippen LogP contribution in [0.25, 0.3) is 0 Å². The number of methoxy groups -OCH3 is 1. The van der Waals surface area contributed by atoms with Gasteiger partial charge in [0, 0.05) is 0 Å². The monoisotopic (exact) mass is 334 g/mol. The number of hydrogen-bond donors (Lipinski definition) is 0. The molecule has 1 aromatic rings. The second-order valence-electron chi connectivity index (χ2n) is 3.31. The maximum Gasteiger partial charge on any atom is 0.339 e. The first kappa shape index (κ1) is 13.3. The third-order valence-corrected chi connectivity index (χ3v) is 3.24. The zero-order chi connectivity index (χ0) is 12.0. The minimum Gasteiger partial charge on any atom is -0.492 e. The third-order valence-electron chi connectivity index (χ3n) is 2.12. The quantitative estimate of drug-likeness (QED) is 0.471. The molecule has 0 radical (unpaired) electrons. The number of carbonyl (C=O) groups is 1. The Hall–Kier alpha value is -0.780. The van der Waals surface area contributed by atoms with Gasteiger partial charge in [0.2, 0.25) is 0 Å². The summed E-state index contributed by atoms with van der Waals surface area (Å²) in [5, 5.41) is 0. The van der Waals surface area contributed by atoms with Crippen LogP contribution in [0, 0.1) is 3.57 Å². The molecular formula is C12H15IO3. The topological polar surface area (TPSA) is 35.5 Å². The van der Waals surface area contributed by atoms with Crippen LogP contribution in [0.3, 0.4) is 0 Å². The van der Waals surface area contributed by atoms with Crippen molar-refractivity contribution in [3.63, 3.8) is 0 Å². The summed E-state index contributed by atoms with van der Waals surface area (Å²) in [4.78, 5) is 11.4. The zero-order valence-electron chi connectivity index (χ0n) is 9.46. The molecular weight excluding hydrogens is 319 g/mol. The SMILES string of the molecule is CCCCOc1cccc(C(=O)OC)c1I. The molecule has 0 bridgehead atoms. The standard InChI is InChI=1S/C12H15IO3/c1-3-4-8-16-10-7-5-6-9(11(10)13)12(14)15-2/h5-7H,3-4,8H2,1-2H3. The Morgan fingerprint density at radius 3 is 2.81 bits per heavy atom. The average molecular weight is 334 g/mol. The van der Waals surface area contributed by atoms with Crippen LogP contribution < -0.4 is 4.74 Å². The molecule has 0 unspecified atom stereocenters. The van der Waals surface area contributed by atoms with Crippen LogP contribution >= 0.6 is 22.6 Å². The lowest BCUT2D eigenvalue weighted by molar-refractivity contribution is 0.0599. The molecule has 0 amide bonds. The third kappa shape index (κ3) is 3.37. The highest BCUT2D eigenvalue weighted by Gasteiger charge is 2.13. The zero-order valence-corrected chi connectivity index (χ0v) is 11.6. The van der Waals surface area contributed by atoms with Crippen LogP contribution in [-0.2, 0) is 4.74 Å². The maximum absolute atomic E-state index is 11.4. The summed E-state index contributed by atoms with van der Waals surface area (Å²) in [6.45, 7) is 2.79. The van der Waals surface area contributed by atoms with Crippen LogP contribution in [0.4, 0.5) is 0 Å². The maximum atomic E-state index is 11.4. The Bertz CT molecular complexity index is 363. The number of unbranched alkanes of at least 4 members (excludes halogenated alkanes) is 1. The lowest BCUT2D eigenvalue weighted by atomic mass is 10.2. The molecule has 0 aliphatic heterocycles. The van der Waals surface area contributed by atoms with Gasteiger partial charge in [-0.3, -0.25) is 0 Å². The van der Waals surface area contributed by atoms with Gasteiger partial charge in [-0.25, -0.2) is 4.79 Å². The summed E-state index contributed by atoms with van der Waals surface area (Å²) < 4.78 is 11.1. The molecule has 1 aromatic carbocycles. The number of halogens is 1. The van der Waals surface area contributed by atoms with E-state index < -0.39 is 0 Å². The van der Waals surface area contributed by atoms with Gasteiger partial charge in [0.15, 0.2) is 0 Å². The normalized spacial score (nSPS) is 9.94. The molecule has 1 rings (SSSR count). The Morgan fingerprint density at radius 2 is 2.19 bits per heavy atom. The van der Waals surface area contributed by atoms with Gasteiger partial charge in [0.25, 0.3) is 0 Å². The predicted octanol–water partition coefficient (Wildman–Crippen LogP) is 3.26. The van der Waals surface area contributed by atoms with E-state index in [0.717, 1.165) is 22.2 Å². The summed E-state index contributed by atoms with van der Waals surface area (Å²) in [5.41, 5.74) is 0.553. The molecule has 0 saturated carbocycles. The van der Waals surface area contributed by atoms with E-state index in [1.807, 2.05) is 6.07 Å². The van der Waals surface area contributed by atoms with Crippen molar-refractivity contribution in [2.75, 3.05) is 13.7 Å². The minimum atomic E-state index is -0.328. The molecule has 0 spiro atoms. The molecule has 0 aromatic heterocycles. The molecule has 0 heterocycles. The van der Waals surface area contributed by atoms with Crippen LogP contribution in [-0.4, -0.2) is 19.7 Å². The first-order chi connectivity index (χ1) is 7.70. The van der Waals surface area contributed by atoms with Crippen molar-refractivity contribution in [3.05, 3.63) is 27.3 Å². The van der Waals surface area contributed by atoms with Crippen LogP contribution in [0.5, 0.6) is 5.75 Å². The van der Waals surface area contributed by atoms with E-state index in [2.05, 4.69) is 29.5 Å². The highest BCUT2D eigenvalue weighted by molar-refractivity contribution is 14.1. The van der Waals surface area contributed by atoms with E-state index in [-0.39, 0.29) is 5.97 Å². The largest absolute Gasteiger partial charge is 0.492 e. The number of carbonyl (C=O) groups excluding carboxylic acids is 1. The van der Waals surface area contributed by atoms with Gasteiger partial charge in [-0.15, -0.1) is 0 Å². The van der Waals surface area contributed by atoms with Gasteiger partial charge in [0.1, 0.15) is 5.75 Å². The highest BCUT2D eigenvalue weighted by Crippen LogP contribution is 2.25. The second-order valence-corrected chi connectivity index (χ2v) is 4.39. The van der Waals surface area contributed by atoms with Crippen LogP contribution in [0.15, 0.2) is 18.2 Å². The summed E-state index contributed by atoms with van der Waals surface area (Å²) >= 11 is 2.11. The fourth-order valence-corrected chi connectivity index (χ4v) is 1.95. The van der Waals surface area contributed by atoms with Crippen molar-refractivity contribution in [2.45, 2.75) is 19.8 Å². The number of hydrogen-bond acceptors (Lipinski definition) is 3. The summed E-state index contributed by atoms with van der Waals surface area (Å²) in [5.74, 6) is 0.419. The highest BCUT2D eigenvalue weighted by atomic mass is 127. The van der Waals surface area contributed by atoms with E-state index in [0.29, 0.717) is 12.2 Å². The molecule has 16 heavy (non-hydrogen) atoms. The van der Waals surface area contributed by atoms with E-state index in [1.165, 1.54) is 7.11 Å². The van der Waals surface area contributed by atoms with E-state index in [4.69, 9.17) is 9.47 Å². The van der Waals surface area contributed by atoms with Gasteiger partial charge in [0.05, 0.1) is 22.9 Å². The number of benzene rings is 1. The number of esters is 1. The van der Waals surface area contributed by atoms with Gasteiger partial charge < -0.3 is 9.47 Å². The first-order valence-corrected chi connectivity index (χ1v) is 6.28. The van der Waals surface area contributed by atoms with E-state index in [1.54, 1.807) is 12.1 Å². The smallest absolute Gasteiger partial charge is 0.339 e. The van der Waals surface area contributed by atoms with Crippen LogP contribution in [0.2, 0.25) is 0 Å². The molecule has 3 nitrogen and oxygen atoms in total. The van der Waals surface area contributed by atoms with Gasteiger partial charge >= 0.3 is 5.97 Å². The van der Waals surface area contributed by atoms with Crippen LogP contribution in [0.1, 0.15) is 30.1 Å². The predicted molar refractivity (Wildman–Crippen MR) is 70.9 cm³/mol. The Kier molecular flexibility index (Phi) is 5.59. The van der Waals surface area contributed by atoms with Crippen molar-refractivity contribution < 1.29 is 14.3 Å². The molecule has 88 valence electrons. The molecule has 0 aliphatic rings. The fourth-order valence-electron chi connectivity index (χ4n) is 1.22. The van der Waals surface area contributed by atoms with Crippen molar-refractivity contribution in [3.8, 4) is 5.75 Å². The molecule has 0 saturated heterocycles. The lowest BCUT2D eigenvalue weighted by Crippen LogP contribution is -2.06. The lowest BCUT2D eigenvalue weighted by Gasteiger charge is -2.10. The van der Waals surface area contributed by atoms with E-state index >= 15 is 0 Å². The molecule has 0 aliphatic carbocycles. The number of ether oxygens (including phenoxy) is 2. The fraction of sp³-hybridized carbons (Fsp3) is 0.417. The van der Waals surface area contributed by atoms with Crippen molar-refractivity contribution in [1.82, 2.24) is 0 Å². The van der Waals surface area contributed by atoms with E-state index in [9.17, 15) is 4.79 Å². The Labute approximate surface area is 109 Å². The van der Waals surface area contributed by atoms with Crippen molar-refractivity contribution in [2.24, 2.45) is 0 Å². The summed E-state index contributed by atoms with van der Waals surface area (Å²) in [6, 6.07) is 5.40. The van der Waals surface area contributed by atoms with Gasteiger partial charge in [-0.2, -0.15) is 0 Å². The van der Waals surface area contributed by atoms with Gasteiger partial charge in [-0.05, 0) is 41.1 Å². The molecule has 0 atom stereocenters. The first-order valence-electron chi connectivity index (χ1n) is 5.20. The summed E-state index contributed by atoms with van der Waals surface area (Å²) in [6.07, 6.45) is 2.10. The minimum absolute atomic E-state index is 0.328. The van der Waals surface area contributed by atoms with Crippen molar-refractivity contribution in [1.29, 1.82) is 0 Å².